The van der Waals surface area contributed by atoms with Gasteiger partial charge in [0.2, 0.25) is 0 Å². The van der Waals surface area contributed by atoms with Gasteiger partial charge in [0.15, 0.2) is 5.13 Å². The fourth-order valence-electron chi connectivity index (χ4n) is 4.03. The number of rotatable bonds is 9. The number of fused-ring (bicyclic) bond motifs is 3. The normalized spacial score (nSPS) is 12.5. The number of unbranched alkanes of at least 4 members (excludes halogenated alkanes) is 3. The molecule has 0 atom stereocenters. The molecule has 188 valence electrons. The molecule has 1 aliphatic heterocycles. The summed E-state index contributed by atoms with van der Waals surface area (Å²) in [4.78, 5) is 29.1. The van der Waals surface area contributed by atoms with Crippen molar-refractivity contribution in [1.29, 1.82) is 0 Å². The number of aryl methyl sites for hydroxylation is 1. The van der Waals surface area contributed by atoms with Crippen molar-refractivity contribution in [3.63, 3.8) is 0 Å². The van der Waals surface area contributed by atoms with E-state index in [9.17, 15) is 18.4 Å². The lowest BCUT2D eigenvalue weighted by atomic mass is 9.99. The number of carboxylic acid groups (broad SMARTS) is 1. The van der Waals surface area contributed by atoms with Gasteiger partial charge in [0.1, 0.15) is 24.0 Å². The molecule has 6 nitrogen and oxygen atoms in total. The lowest BCUT2D eigenvalue weighted by Gasteiger charge is -2.19. The van der Waals surface area contributed by atoms with E-state index >= 15 is 0 Å². The van der Waals surface area contributed by atoms with Crippen LogP contribution >= 0.6 is 11.3 Å². The van der Waals surface area contributed by atoms with Crippen LogP contribution in [0.1, 0.15) is 65.9 Å². The quantitative estimate of drug-likeness (QED) is 0.242. The molecular formula is C27H26F2N2O4S. The molecule has 0 radical (unpaired) electrons. The second kappa shape index (κ2) is 11.0. The Hall–Kier alpha value is -3.59. The van der Waals surface area contributed by atoms with E-state index in [0.29, 0.717) is 11.7 Å². The van der Waals surface area contributed by atoms with Crippen molar-refractivity contribution in [2.45, 2.75) is 52.6 Å². The number of carboxylic acids is 1. The van der Waals surface area contributed by atoms with E-state index in [-0.39, 0.29) is 11.1 Å². The average Bonchev–Trinajstić information content (AvgIpc) is 3.26. The van der Waals surface area contributed by atoms with E-state index in [1.54, 1.807) is 0 Å². The van der Waals surface area contributed by atoms with Gasteiger partial charge in [-0.25, -0.2) is 18.6 Å². The largest absolute Gasteiger partial charge is 0.487 e. The number of halogens is 2. The van der Waals surface area contributed by atoms with Crippen molar-refractivity contribution >= 4 is 34.4 Å². The van der Waals surface area contributed by atoms with Gasteiger partial charge in [0.05, 0.1) is 10.6 Å². The van der Waals surface area contributed by atoms with Gasteiger partial charge >= 0.3 is 5.97 Å². The minimum absolute atomic E-state index is 0.231. The highest BCUT2D eigenvalue weighted by Crippen LogP contribution is 2.43. The van der Waals surface area contributed by atoms with Crippen LogP contribution in [-0.4, -0.2) is 22.0 Å². The Morgan fingerprint density at radius 3 is 2.64 bits per heavy atom. The van der Waals surface area contributed by atoms with Gasteiger partial charge < -0.3 is 9.84 Å². The van der Waals surface area contributed by atoms with Gasteiger partial charge in [-0.3, -0.25) is 10.1 Å². The third-order valence-corrected chi connectivity index (χ3v) is 6.90. The molecule has 0 fully saturated rings. The van der Waals surface area contributed by atoms with Crippen LogP contribution in [0.25, 0.3) is 17.3 Å². The van der Waals surface area contributed by atoms with E-state index in [1.807, 2.05) is 12.1 Å². The Kier molecular flexibility index (Phi) is 7.79. The third kappa shape index (κ3) is 5.46. The summed E-state index contributed by atoms with van der Waals surface area (Å²) < 4.78 is 35.0. The topological polar surface area (TPSA) is 88.5 Å². The highest BCUT2D eigenvalue weighted by atomic mass is 32.1. The summed E-state index contributed by atoms with van der Waals surface area (Å²) in [7, 11) is 0. The number of aromatic nitrogens is 1. The molecule has 2 aromatic carbocycles. The molecule has 0 saturated carbocycles. The number of aliphatic carboxylic acids is 1. The number of nitrogens with one attached hydrogen (secondary N) is 1. The first kappa shape index (κ1) is 25.5. The minimum Gasteiger partial charge on any atom is -0.487 e. The van der Waals surface area contributed by atoms with Crippen LogP contribution in [0.2, 0.25) is 0 Å². The number of nitrogens with zero attached hydrogens (tertiary/aromatic N) is 1. The van der Waals surface area contributed by atoms with Crippen molar-refractivity contribution in [3.05, 3.63) is 69.1 Å². The van der Waals surface area contributed by atoms with Gasteiger partial charge in [0, 0.05) is 22.3 Å². The molecule has 0 bridgehead atoms. The molecule has 3 aromatic rings. The molecule has 0 spiro atoms. The predicted molar refractivity (Wildman–Crippen MR) is 135 cm³/mol. The van der Waals surface area contributed by atoms with E-state index in [0.717, 1.165) is 64.9 Å². The lowest BCUT2D eigenvalue weighted by molar-refractivity contribution is -0.132. The minimum atomic E-state index is -1.29. The Labute approximate surface area is 211 Å². The molecular weight excluding hydrogens is 486 g/mol. The number of anilines is 1. The Morgan fingerprint density at radius 1 is 1.19 bits per heavy atom. The highest BCUT2D eigenvalue weighted by Gasteiger charge is 2.25. The third-order valence-electron chi connectivity index (χ3n) is 5.96. The maximum atomic E-state index is 14.5. The molecule has 4 rings (SSSR count). The van der Waals surface area contributed by atoms with Crippen LogP contribution in [0.15, 0.2) is 35.9 Å². The van der Waals surface area contributed by atoms with Crippen LogP contribution in [0.5, 0.6) is 5.75 Å². The van der Waals surface area contributed by atoms with Crippen molar-refractivity contribution in [1.82, 2.24) is 4.98 Å². The van der Waals surface area contributed by atoms with Crippen LogP contribution < -0.4 is 10.1 Å². The number of hydrogen-bond donors (Lipinski definition) is 2. The molecule has 0 unspecified atom stereocenters. The second-order valence-corrected chi connectivity index (χ2v) is 9.71. The summed E-state index contributed by atoms with van der Waals surface area (Å²) in [5, 5.41) is 11.8. The molecule has 1 aromatic heterocycles. The van der Waals surface area contributed by atoms with Gasteiger partial charge in [0.25, 0.3) is 5.91 Å². The SMILES string of the molecule is CCCCCCc1cccc2c1OCc1sc(NC(=O)c3cc(F)c(C=C(C)C(=O)O)c(F)c3)nc1-2. The predicted octanol–water partition coefficient (Wildman–Crippen LogP) is 6.84. The van der Waals surface area contributed by atoms with E-state index in [4.69, 9.17) is 9.84 Å². The first-order chi connectivity index (χ1) is 17.3. The van der Waals surface area contributed by atoms with E-state index < -0.39 is 29.1 Å². The fourth-order valence-corrected chi connectivity index (χ4v) is 4.92. The molecule has 36 heavy (non-hydrogen) atoms. The van der Waals surface area contributed by atoms with Crippen LogP contribution in [0.3, 0.4) is 0 Å². The van der Waals surface area contributed by atoms with Gasteiger partial charge in [-0.2, -0.15) is 0 Å². The van der Waals surface area contributed by atoms with E-state index in [1.165, 1.54) is 31.1 Å². The van der Waals surface area contributed by atoms with Crippen molar-refractivity contribution in [3.8, 4) is 17.0 Å². The maximum Gasteiger partial charge on any atom is 0.331 e. The molecule has 9 heteroatoms. The number of carbonyl (C=O) groups excluding carboxylic acids is 1. The Bertz CT molecular complexity index is 1330. The van der Waals surface area contributed by atoms with Gasteiger partial charge in [-0.1, -0.05) is 49.7 Å². The van der Waals surface area contributed by atoms with Crippen LogP contribution in [0.4, 0.5) is 13.9 Å². The number of hydrogen-bond acceptors (Lipinski definition) is 5. The molecule has 1 amide bonds. The Morgan fingerprint density at radius 2 is 1.94 bits per heavy atom. The molecule has 0 saturated heterocycles. The first-order valence-electron chi connectivity index (χ1n) is 11.7. The van der Waals surface area contributed by atoms with Crippen molar-refractivity contribution in [2.24, 2.45) is 0 Å². The summed E-state index contributed by atoms with van der Waals surface area (Å²) in [5.74, 6) is -3.28. The summed E-state index contributed by atoms with van der Waals surface area (Å²) >= 11 is 1.25. The van der Waals surface area contributed by atoms with Crippen molar-refractivity contribution < 1.29 is 28.2 Å². The average molecular weight is 513 g/mol. The molecule has 2 heterocycles. The zero-order chi connectivity index (χ0) is 25.8. The standard InChI is InChI=1S/C27H26F2N2O4S/c1-3-4-5-6-8-16-9-7-10-18-23-22(14-35-24(16)18)36-27(30-23)31-25(32)17-12-20(28)19(21(29)13-17)11-15(2)26(33)34/h7,9-13H,3-6,8,14H2,1-2H3,(H,33,34)(H,30,31,32). The first-order valence-corrected chi connectivity index (χ1v) is 12.6. The number of para-hydroxylation sites is 1. The number of amides is 1. The fraction of sp³-hybridized carbons (Fsp3) is 0.296. The van der Waals surface area contributed by atoms with Gasteiger partial charge in [-0.05, 0) is 49.6 Å². The zero-order valence-corrected chi connectivity index (χ0v) is 20.8. The number of thiazole rings is 1. The smallest absolute Gasteiger partial charge is 0.331 e. The summed E-state index contributed by atoms with van der Waals surface area (Å²) in [6.45, 7) is 3.73. The summed E-state index contributed by atoms with van der Waals surface area (Å²) in [6.07, 6.45) is 6.42. The van der Waals surface area contributed by atoms with Crippen LogP contribution in [-0.2, 0) is 17.8 Å². The highest BCUT2D eigenvalue weighted by molar-refractivity contribution is 7.16. The second-order valence-electron chi connectivity index (χ2n) is 8.62. The number of ether oxygens (including phenoxy) is 1. The Balaban J connectivity index is 1.54. The molecule has 1 aliphatic rings. The monoisotopic (exact) mass is 512 g/mol. The lowest BCUT2D eigenvalue weighted by Crippen LogP contribution is -2.13. The number of benzene rings is 2. The number of carbonyl (C=O) groups is 2. The van der Waals surface area contributed by atoms with E-state index in [2.05, 4.69) is 23.3 Å². The molecule has 0 aliphatic carbocycles. The molecule has 2 N–H and O–H groups in total. The van der Waals surface area contributed by atoms with Crippen molar-refractivity contribution in [2.75, 3.05) is 5.32 Å². The van der Waals surface area contributed by atoms with Crippen LogP contribution in [0, 0.1) is 11.6 Å². The van der Waals surface area contributed by atoms with Gasteiger partial charge in [-0.15, -0.1) is 0 Å². The zero-order valence-electron chi connectivity index (χ0n) is 20.0. The maximum absolute atomic E-state index is 14.5. The summed E-state index contributed by atoms with van der Waals surface area (Å²) in [6, 6.07) is 7.71. The summed E-state index contributed by atoms with van der Waals surface area (Å²) in [5.41, 5.74) is 1.73.